The monoisotopic (exact) mass is 390 g/mol. The molecule has 0 saturated heterocycles. The van der Waals surface area contributed by atoms with E-state index < -0.39 is 0 Å². The molecule has 0 spiro atoms. The van der Waals surface area contributed by atoms with Crippen molar-refractivity contribution < 1.29 is 4.79 Å². The summed E-state index contributed by atoms with van der Waals surface area (Å²) in [7, 11) is 0. The van der Waals surface area contributed by atoms with Crippen molar-refractivity contribution in [1.29, 1.82) is 0 Å². The summed E-state index contributed by atoms with van der Waals surface area (Å²) < 4.78 is 0. The fraction of sp³-hybridized carbons (Fsp3) is 0.375. The largest absolute Gasteiger partial charge is 0.353 e. The van der Waals surface area contributed by atoms with Crippen LogP contribution in [0.25, 0.3) is 10.8 Å². The minimum atomic E-state index is -0.178. The molecule has 2 aliphatic rings. The van der Waals surface area contributed by atoms with E-state index in [0.717, 1.165) is 29.0 Å². The second kappa shape index (κ2) is 6.35. The number of hydrogen-bond acceptors (Lipinski definition) is 3. The Morgan fingerprint density at radius 1 is 1.04 bits per heavy atom. The predicted molar refractivity (Wildman–Crippen MR) is 117 cm³/mol. The smallest absolute Gasteiger partial charge is 0.256 e. The van der Waals surface area contributed by atoms with E-state index in [1.165, 1.54) is 27.6 Å². The third-order valence-corrected chi connectivity index (χ3v) is 7.56. The number of hydrogen-bond donors (Lipinski definition) is 2. The quantitative estimate of drug-likeness (QED) is 0.542. The number of nitrogens with one attached hydrogen (secondary N) is 2. The van der Waals surface area contributed by atoms with Crippen molar-refractivity contribution in [2.24, 2.45) is 11.3 Å². The molecule has 0 bridgehead atoms. The van der Waals surface area contributed by atoms with Gasteiger partial charge in [0, 0.05) is 4.88 Å². The lowest BCUT2D eigenvalue weighted by molar-refractivity contribution is 0.0935. The standard InChI is InChI=1S/C24H26N2OS/c1-24(2,3)17-10-11-18-19(13-17)28-23-20(18)22(27)25-21(26-23)16-9-8-14-6-4-5-7-15(14)12-16/h4-9,12,17,21,26H,10-11,13H2,1-3H3,(H,25,27)/t17-,21-/m0/s1. The second-order valence-corrected chi connectivity index (χ2v) is 10.3. The van der Waals surface area contributed by atoms with Gasteiger partial charge in [-0.3, -0.25) is 4.79 Å². The maximum absolute atomic E-state index is 13.0. The molecule has 5 rings (SSSR count). The number of benzene rings is 2. The molecule has 2 heterocycles. The molecule has 3 nitrogen and oxygen atoms in total. The lowest BCUT2D eigenvalue weighted by Crippen LogP contribution is -2.38. The number of amides is 1. The van der Waals surface area contributed by atoms with Crippen molar-refractivity contribution in [3.8, 4) is 0 Å². The summed E-state index contributed by atoms with van der Waals surface area (Å²) in [5, 5.41) is 10.2. The second-order valence-electron chi connectivity index (χ2n) is 9.17. The first kappa shape index (κ1) is 17.7. The number of anilines is 1. The highest BCUT2D eigenvalue weighted by Gasteiger charge is 2.36. The van der Waals surface area contributed by atoms with Gasteiger partial charge in [0.1, 0.15) is 11.2 Å². The molecule has 1 aromatic heterocycles. The maximum atomic E-state index is 13.0. The van der Waals surface area contributed by atoms with Crippen molar-refractivity contribution in [2.45, 2.75) is 46.2 Å². The molecule has 3 aromatic rings. The average Bonchev–Trinajstić information content (AvgIpc) is 3.05. The van der Waals surface area contributed by atoms with E-state index in [-0.39, 0.29) is 12.1 Å². The number of thiophene rings is 1. The molecule has 1 aliphatic heterocycles. The summed E-state index contributed by atoms with van der Waals surface area (Å²) in [5.41, 5.74) is 3.58. The Morgan fingerprint density at radius 3 is 2.61 bits per heavy atom. The summed E-state index contributed by atoms with van der Waals surface area (Å²) in [6, 6.07) is 14.7. The van der Waals surface area contributed by atoms with Gasteiger partial charge in [0.05, 0.1) is 5.56 Å². The van der Waals surface area contributed by atoms with Crippen LogP contribution < -0.4 is 10.6 Å². The van der Waals surface area contributed by atoms with Crippen molar-refractivity contribution in [3.05, 3.63) is 64.0 Å². The zero-order valence-electron chi connectivity index (χ0n) is 16.6. The molecule has 0 saturated carbocycles. The van der Waals surface area contributed by atoms with Crippen LogP contribution in [0, 0.1) is 11.3 Å². The number of carbonyl (C=O) groups excluding carboxylic acids is 1. The van der Waals surface area contributed by atoms with Gasteiger partial charge in [0.2, 0.25) is 0 Å². The Kier molecular flexibility index (Phi) is 4.02. The van der Waals surface area contributed by atoms with Crippen LogP contribution in [0.4, 0.5) is 5.00 Å². The fourth-order valence-corrected chi connectivity index (χ4v) is 5.94. The Bertz CT molecular complexity index is 1080. The highest BCUT2D eigenvalue weighted by molar-refractivity contribution is 7.16. The molecule has 0 radical (unpaired) electrons. The maximum Gasteiger partial charge on any atom is 0.256 e. The summed E-state index contributed by atoms with van der Waals surface area (Å²) in [5.74, 6) is 0.748. The van der Waals surface area contributed by atoms with Gasteiger partial charge in [-0.25, -0.2) is 0 Å². The fourth-order valence-electron chi connectivity index (χ4n) is 4.59. The van der Waals surface area contributed by atoms with Crippen LogP contribution in [0.5, 0.6) is 0 Å². The van der Waals surface area contributed by atoms with Gasteiger partial charge in [0.15, 0.2) is 0 Å². The minimum absolute atomic E-state index is 0.0682. The Labute approximate surface area is 170 Å². The van der Waals surface area contributed by atoms with Crippen LogP contribution in [-0.2, 0) is 12.8 Å². The van der Waals surface area contributed by atoms with E-state index in [2.05, 4.69) is 73.9 Å². The zero-order chi connectivity index (χ0) is 19.5. The van der Waals surface area contributed by atoms with Crippen molar-refractivity contribution in [3.63, 3.8) is 0 Å². The first-order valence-electron chi connectivity index (χ1n) is 10.1. The van der Waals surface area contributed by atoms with Gasteiger partial charge >= 0.3 is 0 Å². The summed E-state index contributed by atoms with van der Waals surface area (Å²) >= 11 is 1.79. The van der Waals surface area contributed by atoms with Gasteiger partial charge in [-0.05, 0) is 58.6 Å². The van der Waals surface area contributed by atoms with E-state index in [0.29, 0.717) is 11.3 Å². The van der Waals surface area contributed by atoms with Gasteiger partial charge in [-0.15, -0.1) is 11.3 Å². The average molecular weight is 391 g/mol. The van der Waals surface area contributed by atoms with Gasteiger partial charge in [-0.1, -0.05) is 57.2 Å². The molecule has 0 unspecified atom stereocenters. The van der Waals surface area contributed by atoms with E-state index >= 15 is 0 Å². The molecular weight excluding hydrogens is 364 g/mol. The van der Waals surface area contributed by atoms with Crippen LogP contribution >= 0.6 is 11.3 Å². The van der Waals surface area contributed by atoms with E-state index in [1.54, 1.807) is 11.3 Å². The third kappa shape index (κ3) is 2.91. The van der Waals surface area contributed by atoms with Crippen LogP contribution in [0.15, 0.2) is 42.5 Å². The van der Waals surface area contributed by atoms with Crippen LogP contribution in [0.1, 0.15) is 59.7 Å². The molecule has 2 aromatic carbocycles. The lowest BCUT2D eigenvalue weighted by atomic mass is 9.72. The molecule has 2 atom stereocenters. The molecule has 2 N–H and O–H groups in total. The van der Waals surface area contributed by atoms with Gasteiger partial charge < -0.3 is 10.6 Å². The number of rotatable bonds is 1. The normalized spacial score (nSPS) is 21.6. The molecule has 28 heavy (non-hydrogen) atoms. The first-order valence-corrected chi connectivity index (χ1v) is 10.9. The molecular formula is C24H26N2OS. The highest BCUT2D eigenvalue weighted by atomic mass is 32.1. The lowest BCUT2D eigenvalue weighted by Gasteiger charge is -2.34. The number of fused-ring (bicyclic) bond motifs is 4. The van der Waals surface area contributed by atoms with Crippen molar-refractivity contribution in [2.75, 3.05) is 5.32 Å². The van der Waals surface area contributed by atoms with E-state index in [9.17, 15) is 4.79 Å². The van der Waals surface area contributed by atoms with E-state index in [1.807, 2.05) is 0 Å². The molecule has 4 heteroatoms. The highest BCUT2D eigenvalue weighted by Crippen LogP contribution is 2.46. The third-order valence-electron chi connectivity index (χ3n) is 6.37. The predicted octanol–water partition coefficient (Wildman–Crippen LogP) is 5.91. The van der Waals surface area contributed by atoms with Crippen LogP contribution in [0.2, 0.25) is 0 Å². The summed E-state index contributed by atoms with van der Waals surface area (Å²) in [4.78, 5) is 14.4. The molecule has 1 amide bonds. The number of carbonyl (C=O) groups is 1. The van der Waals surface area contributed by atoms with Crippen LogP contribution in [0.3, 0.4) is 0 Å². The summed E-state index contributed by atoms with van der Waals surface area (Å²) in [6.45, 7) is 6.99. The first-order chi connectivity index (χ1) is 13.4. The van der Waals surface area contributed by atoms with Gasteiger partial charge in [-0.2, -0.15) is 0 Å². The van der Waals surface area contributed by atoms with Crippen LogP contribution in [-0.4, -0.2) is 5.91 Å². The van der Waals surface area contributed by atoms with Gasteiger partial charge in [0.25, 0.3) is 5.91 Å². The molecule has 0 fully saturated rings. The topological polar surface area (TPSA) is 41.1 Å². The molecule has 144 valence electrons. The zero-order valence-corrected chi connectivity index (χ0v) is 17.5. The molecule has 1 aliphatic carbocycles. The van der Waals surface area contributed by atoms with Crippen molar-refractivity contribution in [1.82, 2.24) is 5.32 Å². The Balaban J connectivity index is 1.47. The summed E-state index contributed by atoms with van der Waals surface area (Å²) in [6.07, 6.45) is 3.09. The van der Waals surface area contributed by atoms with Crippen molar-refractivity contribution >= 4 is 33.0 Å². The minimum Gasteiger partial charge on any atom is -0.353 e. The SMILES string of the molecule is CC(C)(C)[C@H]1CCc2c(sc3c2C(=O)N[C@H](c2ccc4ccccc4c2)N3)C1. The van der Waals surface area contributed by atoms with E-state index in [4.69, 9.17) is 0 Å². The Morgan fingerprint density at radius 2 is 1.82 bits per heavy atom. The Hall–Kier alpha value is -2.33.